The number of carbonyl (C=O) groups excluding carboxylic acids is 1. The van der Waals surface area contributed by atoms with Crippen molar-refractivity contribution in [2.45, 2.75) is 12.5 Å². The highest BCUT2D eigenvalue weighted by Crippen LogP contribution is 2.34. The molecule has 32 heavy (non-hydrogen) atoms. The first kappa shape index (κ1) is 19.9. The van der Waals surface area contributed by atoms with Gasteiger partial charge in [0.2, 0.25) is 0 Å². The van der Waals surface area contributed by atoms with Crippen LogP contribution in [0.5, 0.6) is 11.5 Å². The van der Waals surface area contributed by atoms with Crippen LogP contribution in [0.3, 0.4) is 0 Å². The van der Waals surface area contributed by atoms with Gasteiger partial charge in [-0.05, 0) is 30.3 Å². The van der Waals surface area contributed by atoms with Crippen molar-refractivity contribution in [3.8, 4) is 28.4 Å². The summed E-state index contributed by atoms with van der Waals surface area (Å²) in [6, 6.07) is 25.0. The van der Waals surface area contributed by atoms with E-state index in [1.807, 2.05) is 78.9 Å². The average molecular weight is 425 g/mol. The fourth-order valence-corrected chi connectivity index (χ4v) is 4.02. The van der Waals surface area contributed by atoms with E-state index in [0.717, 1.165) is 22.6 Å². The lowest BCUT2D eigenvalue weighted by atomic mass is 9.99. The van der Waals surface area contributed by atoms with Gasteiger partial charge < -0.3 is 14.8 Å². The summed E-state index contributed by atoms with van der Waals surface area (Å²) in [6.07, 6.45) is 2.48. The van der Waals surface area contributed by atoms with E-state index in [9.17, 15) is 4.79 Å². The van der Waals surface area contributed by atoms with Crippen molar-refractivity contribution >= 4 is 5.91 Å². The van der Waals surface area contributed by atoms with Gasteiger partial charge in [-0.25, -0.2) is 4.68 Å². The second-order valence-electron chi connectivity index (χ2n) is 7.57. The highest BCUT2D eigenvalue weighted by molar-refractivity contribution is 6.00. The Bertz CT molecular complexity index is 1250. The Balaban J connectivity index is 1.55. The second kappa shape index (κ2) is 8.59. The van der Waals surface area contributed by atoms with Crippen molar-refractivity contribution in [1.82, 2.24) is 15.1 Å². The number of methoxy groups -OCH3 is 1. The number of aromatic nitrogens is 2. The molecular formula is C26H23N3O3. The van der Waals surface area contributed by atoms with Gasteiger partial charge in [-0.3, -0.25) is 4.79 Å². The number of para-hydroxylation sites is 3. The van der Waals surface area contributed by atoms with E-state index in [4.69, 9.17) is 14.6 Å². The average Bonchev–Trinajstić information content (AvgIpc) is 3.30. The molecule has 1 aliphatic heterocycles. The molecule has 0 spiro atoms. The van der Waals surface area contributed by atoms with Crippen LogP contribution in [-0.4, -0.2) is 29.4 Å². The largest absolute Gasteiger partial charge is 0.496 e. The Morgan fingerprint density at radius 3 is 2.62 bits per heavy atom. The Labute approximate surface area is 186 Å². The van der Waals surface area contributed by atoms with E-state index in [-0.39, 0.29) is 11.9 Å². The van der Waals surface area contributed by atoms with Crippen molar-refractivity contribution in [2.24, 2.45) is 0 Å². The summed E-state index contributed by atoms with van der Waals surface area (Å²) < 4.78 is 13.0. The molecule has 0 saturated heterocycles. The number of benzene rings is 3. The van der Waals surface area contributed by atoms with Gasteiger partial charge in [-0.2, -0.15) is 5.10 Å². The first-order valence-electron chi connectivity index (χ1n) is 10.6. The van der Waals surface area contributed by atoms with Gasteiger partial charge in [-0.1, -0.05) is 48.5 Å². The number of nitrogens with one attached hydrogen (secondary N) is 1. The monoisotopic (exact) mass is 425 g/mol. The molecule has 5 rings (SSSR count). The maximum Gasteiger partial charge on any atom is 0.255 e. The van der Waals surface area contributed by atoms with Crippen LogP contribution in [0.4, 0.5) is 0 Å². The molecule has 6 heteroatoms. The fraction of sp³-hybridized carbons (Fsp3) is 0.154. The number of hydrogen-bond acceptors (Lipinski definition) is 4. The number of hydrogen-bond donors (Lipinski definition) is 1. The van der Waals surface area contributed by atoms with Crippen LogP contribution < -0.4 is 14.8 Å². The van der Waals surface area contributed by atoms with Gasteiger partial charge in [0.15, 0.2) is 0 Å². The first-order chi connectivity index (χ1) is 15.7. The summed E-state index contributed by atoms with van der Waals surface area (Å²) >= 11 is 0. The molecule has 1 atom stereocenters. The maximum absolute atomic E-state index is 13.5. The molecule has 1 N–H and O–H groups in total. The lowest BCUT2D eigenvalue weighted by Crippen LogP contribution is -2.32. The summed E-state index contributed by atoms with van der Waals surface area (Å²) in [5.74, 6) is 1.29. The molecule has 6 nitrogen and oxygen atoms in total. The van der Waals surface area contributed by atoms with Crippen molar-refractivity contribution in [1.29, 1.82) is 0 Å². The molecular weight excluding hydrogens is 402 g/mol. The Kier molecular flexibility index (Phi) is 5.34. The molecule has 2 heterocycles. The van der Waals surface area contributed by atoms with Crippen LogP contribution in [0.2, 0.25) is 0 Å². The molecule has 0 fully saturated rings. The van der Waals surface area contributed by atoms with Gasteiger partial charge in [-0.15, -0.1) is 0 Å². The summed E-state index contributed by atoms with van der Waals surface area (Å²) in [6.45, 7) is 0.560. The summed E-state index contributed by atoms with van der Waals surface area (Å²) in [7, 11) is 1.62. The van der Waals surface area contributed by atoms with Crippen molar-refractivity contribution in [2.75, 3.05) is 13.7 Å². The highest BCUT2D eigenvalue weighted by atomic mass is 16.5. The third-order valence-electron chi connectivity index (χ3n) is 5.61. The number of amides is 1. The van der Waals surface area contributed by atoms with Crippen LogP contribution in [-0.2, 0) is 0 Å². The van der Waals surface area contributed by atoms with Gasteiger partial charge in [0, 0.05) is 23.7 Å². The smallest absolute Gasteiger partial charge is 0.255 e. The zero-order chi connectivity index (χ0) is 21.9. The minimum atomic E-state index is -0.185. The van der Waals surface area contributed by atoms with Gasteiger partial charge in [0.1, 0.15) is 17.2 Å². The van der Waals surface area contributed by atoms with Crippen molar-refractivity contribution < 1.29 is 14.3 Å². The number of ether oxygens (including phenoxy) is 2. The molecule has 1 amide bonds. The van der Waals surface area contributed by atoms with Gasteiger partial charge in [0.25, 0.3) is 5.91 Å². The molecule has 3 aromatic carbocycles. The molecule has 160 valence electrons. The summed E-state index contributed by atoms with van der Waals surface area (Å²) in [5.41, 5.74) is 3.69. The first-order valence-corrected chi connectivity index (χ1v) is 10.6. The minimum absolute atomic E-state index is 0.127. The second-order valence-corrected chi connectivity index (χ2v) is 7.57. The van der Waals surface area contributed by atoms with Crippen LogP contribution in [0.1, 0.15) is 28.4 Å². The quantitative estimate of drug-likeness (QED) is 0.499. The Hall–Kier alpha value is -4.06. The third kappa shape index (κ3) is 3.71. The third-order valence-corrected chi connectivity index (χ3v) is 5.61. The van der Waals surface area contributed by atoms with E-state index >= 15 is 0 Å². The summed E-state index contributed by atoms with van der Waals surface area (Å²) in [4.78, 5) is 13.5. The Morgan fingerprint density at radius 1 is 1.03 bits per heavy atom. The SMILES string of the molecule is COc1ccccc1-c1nn(-c2ccccc2)cc1C(=O)N[C@H]1CCOc2ccccc21. The highest BCUT2D eigenvalue weighted by Gasteiger charge is 2.26. The van der Waals surface area contributed by atoms with E-state index < -0.39 is 0 Å². The van der Waals surface area contributed by atoms with Crippen LogP contribution in [0, 0.1) is 0 Å². The molecule has 0 radical (unpaired) electrons. The van der Waals surface area contributed by atoms with E-state index in [0.29, 0.717) is 30.0 Å². The predicted molar refractivity (Wildman–Crippen MR) is 122 cm³/mol. The van der Waals surface area contributed by atoms with Gasteiger partial charge in [0.05, 0.1) is 31.0 Å². The zero-order valence-electron chi connectivity index (χ0n) is 17.7. The van der Waals surface area contributed by atoms with Crippen LogP contribution in [0.25, 0.3) is 16.9 Å². The number of fused-ring (bicyclic) bond motifs is 1. The van der Waals surface area contributed by atoms with Gasteiger partial charge >= 0.3 is 0 Å². The van der Waals surface area contributed by atoms with Crippen LogP contribution in [0.15, 0.2) is 85.1 Å². The number of carbonyl (C=O) groups is 1. The van der Waals surface area contributed by atoms with Crippen LogP contribution >= 0.6 is 0 Å². The molecule has 0 unspecified atom stereocenters. The van der Waals surface area contributed by atoms with E-state index in [1.165, 1.54) is 0 Å². The molecule has 1 aromatic heterocycles. The minimum Gasteiger partial charge on any atom is -0.496 e. The number of rotatable bonds is 5. The maximum atomic E-state index is 13.5. The molecule has 1 aliphatic rings. The molecule has 4 aromatic rings. The zero-order valence-corrected chi connectivity index (χ0v) is 17.7. The van der Waals surface area contributed by atoms with E-state index in [2.05, 4.69) is 5.32 Å². The Morgan fingerprint density at radius 2 is 1.78 bits per heavy atom. The molecule has 0 bridgehead atoms. The lowest BCUT2D eigenvalue weighted by molar-refractivity contribution is 0.0925. The summed E-state index contributed by atoms with van der Waals surface area (Å²) in [5, 5.41) is 7.96. The number of nitrogens with zero attached hydrogens (tertiary/aromatic N) is 2. The van der Waals surface area contributed by atoms with E-state index in [1.54, 1.807) is 18.0 Å². The molecule has 0 saturated carbocycles. The van der Waals surface area contributed by atoms with Crippen molar-refractivity contribution in [3.05, 3.63) is 96.2 Å². The lowest BCUT2D eigenvalue weighted by Gasteiger charge is -2.26. The topological polar surface area (TPSA) is 65.4 Å². The molecule has 0 aliphatic carbocycles. The normalized spacial score (nSPS) is 14.8. The fourth-order valence-electron chi connectivity index (χ4n) is 4.02. The standard InChI is InChI=1S/C26H23N3O3/c1-31-23-13-7-6-12-20(23)25-21(17-29(28-25)18-9-3-2-4-10-18)26(30)27-22-15-16-32-24-14-8-5-11-19(22)24/h2-14,17,22H,15-16H2,1H3,(H,27,30)/t22-/m0/s1. The van der Waals surface area contributed by atoms with Crippen molar-refractivity contribution in [3.63, 3.8) is 0 Å². The predicted octanol–water partition coefficient (Wildman–Crippen LogP) is 4.80.